The summed E-state index contributed by atoms with van der Waals surface area (Å²) >= 11 is 0. The summed E-state index contributed by atoms with van der Waals surface area (Å²) in [6.45, 7) is 25.8. The molecule has 1 aliphatic rings. The molecular weight excluding hydrogens is 352 g/mol. The largest absolute Gasteiger partial charge is 0.303 e. The van der Waals surface area contributed by atoms with E-state index in [1.165, 1.54) is 96.9 Å². The molecule has 29 heavy (non-hydrogen) atoms. The molecule has 1 fully saturated rings. The van der Waals surface area contributed by atoms with Crippen molar-refractivity contribution >= 4 is 0 Å². The lowest BCUT2D eigenvalue weighted by molar-refractivity contribution is 0.0488. The zero-order valence-corrected chi connectivity index (χ0v) is 21.7. The summed E-state index contributed by atoms with van der Waals surface area (Å²) in [6, 6.07) is 0.746. The minimum atomic E-state index is 0.454. The van der Waals surface area contributed by atoms with E-state index in [1.807, 2.05) is 0 Å². The standard InChI is InChI=1S/C27H56N2/c1-9-14-27(15-13-25(6)29(18-10-2)19-11-3)16-20-28(21-17-27)23-26(7,8)22-24(5)12-4/h24-25H,9-23H2,1-8H3. The van der Waals surface area contributed by atoms with Crippen LogP contribution in [-0.2, 0) is 0 Å². The van der Waals surface area contributed by atoms with Crippen molar-refractivity contribution in [2.75, 3.05) is 32.7 Å². The van der Waals surface area contributed by atoms with Crippen LogP contribution in [0.15, 0.2) is 0 Å². The van der Waals surface area contributed by atoms with Gasteiger partial charge in [0, 0.05) is 12.6 Å². The topological polar surface area (TPSA) is 6.48 Å². The van der Waals surface area contributed by atoms with Crippen LogP contribution in [0.3, 0.4) is 0 Å². The van der Waals surface area contributed by atoms with E-state index in [4.69, 9.17) is 0 Å². The number of piperidine rings is 1. The summed E-state index contributed by atoms with van der Waals surface area (Å²) in [4.78, 5) is 5.53. The van der Waals surface area contributed by atoms with Crippen molar-refractivity contribution < 1.29 is 0 Å². The van der Waals surface area contributed by atoms with E-state index in [0.29, 0.717) is 10.8 Å². The maximum Gasteiger partial charge on any atom is 0.00671 e. The summed E-state index contributed by atoms with van der Waals surface area (Å²) in [5.74, 6) is 0.852. The second-order valence-electron chi connectivity index (χ2n) is 11.3. The summed E-state index contributed by atoms with van der Waals surface area (Å²) in [5, 5.41) is 0. The van der Waals surface area contributed by atoms with Gasteiger partial charge in [-0.15, -0.1) is 0 Å². The Morgan fingerprint density at radius 2 is 1.48 bits per heavy atom. The highest BCUT2D eigenvalue weighted by Gasteiger charge is 2.35. The van der Waals surface area contributed by atoms with Crippen LogP contribution in [0, 0.1) is 16.7 Å². The lowest BCUT2D eigenvalue weighted by Crippen LogP contribution is -2.45. The smallest absolute Gasteiger partial charge is 0.00671 e. The fraction of sp³-hybridized carbons (Fsp3) is 1.00. The van der Waals surface area contributed by atoms with E-state index < -0.39 is 0 Å². The van der Waals surface area contributed by atoms with Crippen molar-refractivity contribution in [1.82, 2.24) is 9.80 Å². The van der Waals surface area contributed by atoms with E-state index in [-0.39, 0.29) is 0 Å². The lowest BCUT2D eigenvalue weighted by atomic mass is 9.70. The normalized spacial score (nSPS) is 20.2. The predicted molar refractivity (Wildman–Crippen MR) is 132 cm³/mol. The molecule has 0 spiro atoms. The highest BCUT2D eigenvalue weighted by Crippen LogP contribution is 2.42. The molecule has 0 aromatic rings. The number of hydrogen-bond donors (Lipinski definition) is 0. The predicted octanol–water partition coefficient (Wildman–Crippen LogP) is 7.62. The Hall–Kier alpha value is -0.0800. The molecule has 0 aromatic heterocycles. The third-order valence-electron chi connectivity index (χ3n) is 7.68. The number of rotatable bonds is 15. The van der Waals surface area contributed by atoms with Crippen molar-refractivity contribution in [3.63, 3.8) is 0 Å². The third-order valence-corrected chi connectivity index (χ3v) is 7.68. The van der Waals surface area contributed by atoms with Crippen LogP contribution in [0.25, 0.3) is 0 Å². The highest BCUT2D eigenvalue weighted by atomic mass is 15.1. The van der Waals surface area contributed by atoms with Gasteiger partial charge in [0.25, 0.3) is 0 Å². The molecule has 2 nitrogen and oxygen atoms in total. The first-order chi connectivity index (χ1) is 13.7. The second-order valence-corrected chi connectivity index (χ2v) is 11.3. The van der Waals surface area contributed by atoms with Crippen molar-refractivity contribution in [3.8, 4) is 0 Å². The van der Waals surface area contributed by atoms with E-state index >= 15 is 0 Å². The fourth-order valence-electron chi connectivity index (χ4n) is 5.92. The molecule has 0 N–H and O–H groups in total. The number of hydrogen-bond acceptors (Lipinski definition) is 2. The molecule has 174 valence electrons. The van der Waals surface area contributed by atoms with Crippen LogP contribution in [-0.4, -0.2) is 48.6 Å². The molecular formula is C27H56N2. The van der Waals surface area contributed by atoms with E-state index in [0.717, 1.165) is 12.0 Å². The number of nitrogens with zero attached hydrogens (tertiary/aromatic N) is 2. The third kappa shape index (κ3) is 9.72. The first-order valence-electron chi connectivity index (χ1n) is 13.2. The summed E-state index contributed by atoms with van der Waals surface area (Å²) < 4.78 is 0. The molecule has 1 saturated heterocycles. The molecule has 1 aliphatic heterocycles. The Kier molecular flexibility index (Phi) is 12.4. The first-order valence-corrected chi connectivity index (χ1v) is 13.2. The highest BCUT2D eigenvalue weighted by molar-refractivity contribution is 4.89. The Balaban J connectivity index is 2.59. The van der Waals surface area contributed by atoms with Crippen LogP contribution >= 0.6 is 0 Å². The van der Waals surface area contributed by atoms with Gasteiger partial charge in [0.1, 0.15) is 0 Å². The summed E-state index contributed by atoms with van der Waals surface area (Å²) in [6.07, 6.45) is 13.7. The van der Waals surface area contributed by atoms with E-state index in [1.54, 1.807) is 0 Å². The maximum absolute atomic E-state index is 2.79. The van der Waals surface area contributed by atoms with Crippen LogP contribution in [0.4, 0.5) is 0 Å². The summed E-state index contributed by atoms with van der Waals surface area (Å²) in [5.41, 5.74) is 1.07. The van der Waals surface area contributed by atoms with Crippen LogP contribution < -0.4 is 0 Å². The molecule has 0 aliphatic carbocycles. The quantitative estimate of drug-likeness (QED) is 0.275. The molecule has 0 aromatic carbocycles. The van der Waals surface area contributed by atoms with Gasteiger partial charge in [-0.1, -0.05) is 61.3 Å². The average Bonchev–Trinajstić information content (AvgIpc) is 2.67. The molecule has 0 bridgehead atoms. The minimum Gasteiger partial charge on any atom is -0.303 e. The van der Waals surface area contributed by atoms with Gasteiger partial charge in [-0.25, -0.2) is 0 Å². The van der Waals surface area contributed by atoms with Crippen molar-refractivity contribution in [2.45, 2.75) is 126 Å². The molecule has 0 saturated carbocycles. The van der Waals surface area contributed by atoms with E-state index in [2.05, 4.69) is 65.2 Å². The molecule has 2 unspecified atom stereocenters. The Morgan fingerprint density at radius 3 is 1.97 bits per heavy atom. The first kappa shape index (κ1) is 27.0. The number of likely N-dealkylation sites (tertiary alicyclic amines) is 1. The zero-order chi connectivity index (χ0) is 21.9. The summed E-state index contributed by atoms with van der Waals surface area (Å²) in [7, 11) is 0. The van der Waals surface area contributed by atoms with Crippen molar-refractivity contribution in [1.29, 1.82) is 0 Å². The van der Waals surface area contributed by atoms with Gasteiger partial charge in [-0.3, -0.25) is 0 Å². The van der Waals surface area contributed by atoms with Gasteiger partial charge in [-0.2, -0.15) is 0 Å². The lowest BCUT2D eigenvalue weighted by Gasteiger charge is -2.45. The second kappa shape index (κ2) is 13.4. The van der Waals surface area contributed by atoms with Crippen LogP contribution in [0.1, 0.15) is 120 Å². The van der Waals surface area contributed by atoms with Crippen molar-refractivity contribution in [3.05, 3.63) is 0 Å². The Bertz CT molecular complexity index is 403. The van der Waals surface area contributed by atoms with Gasteiger partial charge >= 0.3 is 0 Å². The Labute approximate surface area is 185 Å². The molecule has 2 heteroatoms. The maximum atomic E-state index is 2.79. The minimum absolute atomic E-state index is 0.454. The van der Waals surface area contributed by atoms with Gasteiger partial charge in [0.2, 0.25) is 0 Å². The zero-order valence-electron chi connectivity index (χ0n) is 21.7. The SMILES string of the molecule is CCCN(CCC)C(C)CCC1(CCC)CCN(CC(C)(C)CC(C)CC)CC1. The molecule has 1 rings (SSSR count). The molecule has 2 atom stereocenters. The Morgan fingerprint density at radius 1 is 0.897 bits per heavy atom. The van der Waals surface area contributed by atoms with Crippen LogP contribution in [0.5, 0.6) is 0 Å². The monoisotopic (exact) mass is 408 g/mol. The average molecular weight is 409 g/mol. The molecule has 1 heterocycles. The molecule has 0 amide bonds. The van der Waals surface area contributed by atoms with E-state index in [9.17, 15) is 0 Å². The van der Waals surface area contributed by atoms with Gasteiger partial charge < -0.3 is 9.80 Å². The van der Waals surface area contributed by atoms with Crippen molar-refractivity contribution in [2.24, 2.45) is 16.7 Å². The van der Waals surface area contributed by atoms with Gasteiger partial charge in [0.05, 0.1) is 0 Å². The fourth-order valence-corrected chi connectivity index (χ4v) is 5.92. The van der Waals surface area contributed by atoms with Gasteiger partial charge in [-0.05, 0) is 101 Å². The van der Waals surface area contributed by atoms with Crippen LogP contribution in [0.2, 0.25) is 0 Å². The molecule has 0 radical (unpaired) electrons. The van der Waals surface area contributed by atoms with Gasteiger partial charge in [0.15, 0.2) is 0 Å².